The molecule has 1 atom stereocenters. The number of nitrogens with one attached hydrogen (secondary N) is 2. The number of halogens is 2. The van der Waals surface area contributed by atoms with Crippen molar-refractivity contribution in [3.8, 4) is 0 Å². The largest absolute Gasteiger partial charge is 0.460 e. The monoisotopic (exact) mass is 458 g/mol. The average molecular weight is 459 g/mol. The Balaban J connectivity index is 2.69. The summed E-state index contributed by atoms with van der Waals surface area (Å²) in [6, 6.07) is 2.78. The minimum Gasteiger partial charge on any atom is -0.460 e. The standard InChI is InChI=1S/C20H28BrFN2O4/c1-12(2)10-16(17(25)8-9-18(26)28-20(3,4)5)24-19(27)23-15-7-6-13(21)11-14(15)22/h6-7,11-12,16H,8-10H2,1-5H3,(H2,23,24,27)/t16-/m0/s1. The Morgan fingerprint density at radius 1 is 1.18 bits per heavy atom. The van der Waals surface area contributed by atoms with Gasteiger partial charge in [-0.2, -0.15) is 0 Å². The van der Waals surface area contributed by atoms with Crippen LogP contribution >= 0.6 is 15.9 Å². The van der Waals surface area contributed by atoms with Crippen LogP contribution in [0.1, 0.15) is 53.9 Å². The third kappa shape index (κ3) is 9.30. The molecule has 0 radical (unpaired) electrons. The summed E-state index contributed by atoms with van der Waals surface area (Å²) in [5, 5.41) is 4.98. The van der Waals surface area contributed by atoms with E-state index in [1.807, 2.05) is 13.8 Å². The van der Waals surface area contributed by atoms with Gasteiger partial charge in [-0.3, -0.25) is 9.59 Å². The minimum atomic E-state index is -0.777. The maximum Gasteiger partial charge on any atom is 0.319 e. The van der Waals surface area contributed by atoms with Crippen molar-refractivity contribution < 1.29 is 23.5 Å². The van der Waals surface area contributed by atoms with Crippen molar-refractivity contribution in [3.63, 3.8) is 0 Å². The molecule has 0 saturated heterocycles. The average Bonchev–Trinajstić information content (AvgIpc) is 2.52. The Kier molecular flexibility index (Phi) is 9.07. The van der Waals surface area contributed by atoms with Crippen molar-refractivity contribution in [2.24, 2.45) is 5.92 Å². The molecule has 0 aliphatic carbocycles. The summed E-state index contributed by atoms with van der Waals surface area (Å²) in [5.41, 5.74) is -0.616. The fourth-order valence-electron chi connectivity index (χ4n) is 2.44. The molecule has 8 heteroatoms. The number of urea groups is 1. The zero-order valence-electron chi connectivity index (χ0n) is 16.9. The number of amides is 2. The maximum absolute atomic E-state index is 13.9. The van der Waals surface area contributed by atoms with Gasteiger partial charge in [-0.05, 0) is 51.3 Å². The molecule has 0 bridgehead atoms. The van der Waals surface area contributed by atoms with E-state index in [1.54, 1.807) is 26.8 Å². The van der Waals surface area contributed by atoms with E-state index in [0.29, 0.717) is 10.9 Å². The van der Waals surface area contributed by atoms with E-state index >= 15 is 0 Å². The lowest BCUT2D eigenvalue weighted by Crippen LogP contribution is -2.44. The van der Waals surface area contributed by atoms with E-state index in [2.05, 4.69) is 26.6 Å². The van der Waals surface area contributed by atoms with Crippen LogP contribution < -0.4 is 10.6 Å². The van der Waals surface area contributed by atoms with Gasteiger partial charge in [0.2, 0.25) is 0 Å². The molecule has 1 aromatic rings. The summed E-state index contributed by atoms with van der Waals surface area (Å²) in [6.07, 6.45) is 0.304. The van der Waals surface area contributed by atoms with Crippen LogP contribution in [-0.4, -0.2) is 29.4 Å². The molecular formula is C20H28BrFN2O4. The van der Waals surface area contributed by atoms with Gasteiger partial charge < -0.3 is 15.4 Å². The molecule has 0 saturated carbocycles. The number of carbonyl (C=O) groups excluding carboxylic acids is 3. The molecule has 1 aromatic carbocycles. The molecule has 2 amide bonds. The molecule has 1 rings (SSSR count). The molecule has 2 N–H and O–H groups in total. The number of hydrogen-bond donors (Lipinski definition) is 2. The third-order valence-electron chi connectivity index (χ3n) is 3.58. The Labute approximate surface area is 173 Å². The molecule has 0 aromatic heterocycles. The van der Waals surface area contributed by atoms with Gasteiger partial charge in [0.1, 0.15) is 11.4 Å². The Hall–Kier alpha value is -1.96. The van der Waals surface area contributed by atoms with Gasteiger partial charge in [0, 0.05) is 10.9 Å². The third-order valence-corrected chi connectivity index (χ3v) is 4.07. The lowest BCUT2D eigenvalue weighted by Gasteiger charge is -2.21. The smallest absolute Gasteiger partial charge is 0.319 e. The zero-order chi connectivity index (χ0) is 21.5. The molecule has 28 heavy (non-hydrogen) atoms. The summed E-state index contributed by atoms with van der Waals surface area (Å²) >= 11 is 3.15. The predicted octanol–water partition coefficient (Wildman–Crippen LogP) is 4.82. The molecule has 156 valence electrons. The van der Waals surface area contributed by atoms with Crippen molar-refractivity contribution >= 4 is 39.4 Å². The van der Waals surface area contributed by atoms with Crippen molar-refractivity contribution in [3.05, 3.63) is 28.5 Å². The van der Waals surface area contributed by atoms with Gasteiger partial charge >= 0.3 is 12.0 Å². The van der Waals surface area contributed by atoms with Gasteiger partial charge in [0.15, 0.2) is 5.78 Å². The lowest BCUT2D eigenvalue weighted by atomic mass is 9.98. The molecule has 0 aliphatic heterocycles. The predicted molar refractivity (Wildman–Crippen MR) is 110 cm³/mol. The highest BCUT2D eigenvalue weighted by Gasteiger charge is 2.24. The van der Waals surface area contributed by atoms with Crippen LogP contribution in [0.3, 0.4) is 0 Å². The second-order valence-electron chi connectivity index (χ2n) is 7.96. The quantitative estimate of drug-likeness (QED) is 0.547. The number of benzene rings is 1. The molecule has 6 nitrogen and oxygen atoms in total. The Morgan fingerprint density at radius 2 is 1.82 bits per heavy atom. The second-order valence-corrected chi connectivity index (χ2v) is 8.87. The highest BCUT2D eigenvalue weighted by Crippen LogP contribution is 2.19. The Bertz CT molecular complexity index is 717. The van der Waals surface area contributed by atoms with Crippen LogP contribution in [-0.2, 0) is 14.3 Å². The minimum absolute atomic E-state index is 0.00482. The number of hydrogen-bond acceptors (Lipinski definition) is 4. The van der Waals surface area contributed by atoms with Crippen LogP contribution in [0.4, 0.5) is 14.9 Å². The number of esters is 1. The number of ether oxygens (including phenoxy) is 1. The van der Waals surface area contributed by atoms with E-state index in [0.717, 1.165) is 0 Å². The number of anilines is 1. The van der Waals surface area contributed by atoms with Crippen molar-refractivity contribution in [1.29, 1.82) is 0 Å². The van der Waals surface area contributed by atoms with E-state index in [4.69, 9.17) is 4.74 Å². The number of Topliss-reactive ketones (excluding diaryl/α,β-unsaturated/α-hetero) is 1. The topological polar surface area (TPSA) is 84.5 Å². The van der Waals surface area contributed by atoms with Crippen LogP contribution in [0.2, 0.25) is 0 Å². The van der Waals surface area contributed by atoms with Crippen LogP contribution in [0.5, 0.6) is 0 Å². The normalized spacial score (nSPS) is 12.4. The van der Waals surface area contributed by atoms with E-state index in [1.165, 1.54) is 12.1 Å². The van der Waals surface area contributed by atoms with E-state index in [-0.39, 0.29) is 30.2 Å². The highest BCUT2D eigenvalue weighted by molar-refractivity contribution is 9.10. The molecule has 0 heterocycles. The van der Waals surface area contributed by atoms with E-state index < -0.39 is 29.5 Å². The SMILES string of the molecule is CC(C)C[C@H](NC(=O)Nc1ccc(Br)cc1F)C(=O)CCC(=O)OC(C)(C)C. The number of rotatable bonds is 8. The molecule has 0 fully saturated rings. The first-order valence-corrected chi connectivity index (χ1v) is 9.94. The van der Waals surface area contributed by atoms with E-state index in [9.17, 15) is 18.8 Å². The van der Waals surface area contributed by atoms with Crippen LogP contribution in [0, 0.1) is 11.7 Å². The summed E-state index contributed by atoms with van der Waals surface area (Å²) in [5.74, 6) is -1.20. The number of carbonyl (C=O) groups is 3. The summed E-state index contributed by atoms with van der Waals surface area (Å²) < 4.78 is 19.6. The lowest BCUT2D eigenvalue weighted by molar-refractivity contribution is -0.155. The first kappa shape index (κ1) is 24.1. The van der Waals surface area contributed by atoms with Gasteiger partial charge in [-0.15, -0.1) is 0 Å². The first-order valence-electron chi connectivity index (χ1n) is 9.14. The van der Waals surface area contributed by atoms with Crippen LogP contribution in [0.15, 0.2) is 22.7 Å². The Morgan fingerprint density at radius 3 is 2.36 bits per heavy atom. The fourth-order valence-corrected chi connectivity index (χ4v) is 2.77. The maximum atomic E-state index is 13.9. The molecule has 0 aliphatic rings. The van der Waals surface area contributed by atoms with Gasteiger partial charge in [-0.25, -0.2) is 9.18 Å². The van der Waals surface area contributed by atoms with Gasteiger partial charge in [-0.1, -0.05) is 29.8 Å². The number of ketones is 1. The van der Waals surface area contributed by atoms with Crippen molar-refractivity contribution in [2.75, 3.05) is 5.32 Å². The first-order chi connectivity index (χ1) is 12.9. The van der Waals surface area contributed by atoms with Crippen LogP contribution in [0.25, 0.3) is 0 Å². The fraction of sp³-hybridized carbons (Fsp3) is 0.550. The summed E-state index contributed by atoms with van der Waals surface area (Å²) in [6.45, 7) is 9.09. The van der Waals surface area contributed by atoms with Gasteiger partial charge in [0.05, 0.1) is 18.2 Å². The summed E-state index contributed by atoms with van der Waals surface area (Å²) in [4.78, 5) is 36.6. The molecular weight excluding hydrogens is 431 g/mol. The molecule has 0 spiro atoms. The van der Waals surface area contributed by atoms with Gasteiger partial charge in [0.25, 0.3) is 0 Å². The molecule has 0 unspecified atom stereocenters. The van der Waals surface area contributed by atoms with Crippen molar-refractivity contribution in [1.82, 2.24) is 5.32 Å². The summed E-state index contributed by atoms with van der Waals surface area (Å²) in [7, 11) is 0. The highest BCUT2D eigenvalue weighted by atomic mass is 79.9. The van der Waals surface area contributed by atoms with Crippen molar-refractivity contribution in [2.45, 2.75) is 65.5 Å². The second kappa shape index (κ2) is 10.5. The zero-order valence-corrected chi connectivity index (χ0v) is 18.5.